The average molecular weight is 222 g/mol. The molecule has 0 atom stereocenters. The minimum atomic E-state index is -0.227. The van der Waals surface area contributed by atoms with Gasteiger partial charge >= 0.3 is 5.69 Å². The lowest BCUT2D eigenvalue weighted by atomic mass is 10.2. The van der Waals surface area contributed by atoms with E-state index in [1.165, 1.54) is 6.20 Å². The lowest BCUT2D eigenvalue weighted by Crippen LogP contribution is -2.21. The Labute approximate surface area is 92.0 Å². The van der Waals surface area contributed by atoms with Crippen LogP contribution in [0.1, 0.15) is 32.7 Å². The summed E-state index contributed by atoms with van der Waals surface area (Å²) >= 11 is 0. The van der Waals surface area contributed by atoms with Gasteiger partial charge in [0.1, 0.15) is 0 Å². The molecule has 0 saturated carbocycles. The predicted octanol–water partition coefficient (Wildman–Crippen LogP) is 1.19. The smallest absolute Gasteiger partial charge is 0.329 e. The highest BCUT2D eigenvalue weighted by Crippen LogP contribution is 2.18. The SMILES string of the molecule is CCC(CC)n1c(=O)[nH]c2ncc(O)nc21. The van der Waals surface area contributed by atoms with Gasteiger partial charge in [0.25, 0.3) is 0 Å². The number of rotatable bonds is 3. The third-order valence-corrected chi connectivity index (χ3v) is 2.72. The first kappa shape index (κ1) is 10.7. The summed E-state index contributed by atoms with van der Waals surface area (Å²) in [7, 11) is 0. The van der Waals surface area contributed by atoms with Crippen LogP contribution in [0.3, 0.4) is 0 Å². The van der Waals surface area contributed by atoms with E-state index in [1.807, 2.05) is 13.8 Å². The van der Waals surface area contributed by atoms with Gasteiger partial charge in [-0.1, -0.05) is 13.8 Å². The van der Waals surface area contributed by atoms with Crippen molar-refractivity contribution >= 4 is 11.3 Å². The van der Waals surface area contributed by atoms with Crippen LogP contribution in [0.4, 0.5) is 0 Å². The first-order chi connectivity index (χ1) is 7.67. The van der Waals surface area contributed by atoms with Crippen LogP contribution in [0.25, 0.3) is 11.3 Å². The van der Waals surface area contributed by atoms with E-state index in [9.17, 15) is 9.90 Å². The van der Waals surface area contributed by atoms with Crippen LogP contribution in [-0.2, 0) is 0 Å². The zero-order valence-corrected chi connectivity index (χ0v) is 9.27. The Morgan fingerprint density at radius 1 is 1.50 bits per heavy atom. The second-order valence-electron chi connectivity index (χ2n) is 3.67. The number of H-pyrrole nitrogens is 1. The molecule has 0 aliphatic heterocycles. The predicted molar refractivity (Wildman–Crippen MR) is 59.4 cm³/mol. The number of nitrogens with one attached hydrogen (secondary N) is 1. The highest BCUT2D eigenvalue weighted by atomic mass is 16.3. The summed E-state index contributed by atoms with van der Waals surface area (Å²) in [5.41, 5.74) is 0.600. The molecule has 0 saturated heterocycles. The molecule has 2 aromatic heterocycles. The highest BCUT2D eigenvalue weighted by Gasteiger charge is 2.16. The fourth-order valence-corrected chi connectivity index (χ4v) is 1.88. The van der Waals surface area contributed by atoms with Crippen molar-refractivity contribution in [2.24, 2.45) is 0 Å². The summed E-state index contributed by atoms with van der Waals surface area (Å²) in [6.07, 6.45) is 2.89. The van der Waals surface area contributed by atoms with Crippen molar-refractivity contribution < 1.29 is 5.11 Å². The summed E-state index contributed by atoms with van der Waals surface area (Å²) in [5.74, 6) is -0.175. The molecule has 0 radical (unpaired) electrons. The van der Waals surface area contributed by atoms with Crippen LogP contribution in [0, 0.1) is 0 Å². The Hall–Kier alpha value is -1.85. The highest BCUT2D eigenvalue weighted by molar-refractivity contribution is 5.65. The Bertz CT molecular complexity index is 553. The Morgan fingerprint density at radius 2 is 2.19 bits per heavy atom. The number of hydrogen-bond donors (Lipinski definition) is 2. The number of aromatic hydroxyl groups is 1. The lowest BCUT2D eigenvalue weighted by molar-refractivity contribution is 0.444. The summed E-state index contributed by atoms with van der Waals surface area (Å²) in [4.78, 5) is 22.2. The maximum Gasteiger partial charge on any atom is 0.329 e. The van der Waals surface area contributed by atoms with E-state index in [1.54, 1.807) is 4.57 Å². The van der Waals surface area contributed by atoms with Crippen molar-refractivity contribution in [3.05, 3.63) is 16.7 Å². The second kappa shape index (κ2) is 3.96. The van der Waals surface area contributed by atoms with Crippen molar-refractivity contribution in [1.82, 2.24) is 19.5 Å². The molecular formula is C10H14N4O2. The topological polar surface area (TPSA) is 83.8 Å². The molecule has 86 valence electrons. The summed E-state index contributed by atoms with van der Waals surface area (Å²) < 4.78 is 1.56. The van der Waals surface area contributed by atoms with E-state index in [0.717, 1.165) is 12.8 Å². The fraction of sp³-hybridized carbons (Fsp3) is 0.500. The number of nitrogens with zero attached hydrogens (tertiary/aromatic N) is 3. The van der Waals surface area contributed by atoms with Gasteiger partial charge in [-0.3, -0.25) is 9.55 Å². The van der Waals surface area contributed by atoms with Gasteiger partial charge < -0.3 is 5.11 Å². The molecule has 16 heavy (non-hydrogen) atoms. The average Bonchev–Trinajstić information content (AvgIpc) is 2.58. The monoisotopic (exact) mass is 222 g/mol. The molecule has 0 aromatic carbocycles. The molecule has 6 nitrogen and oxygen atoms in total. The van der Waals surface area contributed by atoms with Crippen LogP contribution >= 0.6 is 0 Å². The standard InChI is InChI=1S/C10H14N4O2/c1-3-6(4-2)14-9-8(13-10(14)16)11-5-7(15)12-9/h5-6H,3-4H2,1-2H3,(H,12,15)(H,11,13,16). The minimum Gasteiger partial charge on any atom is -0.492 e. The quantitative estimate of drug-likeness (QED) is 0.816. The van der Waals surface area contributed by atoms with Crippen LogP contribution in [0.2, 0.25) is 0 Å². The van der Waals surface area contributed by atoms with E-state index in [-0.39, 0.29) is 17.6 Å². The van der Waals surface area contributed by atoms with Crippen molar-refractivity contribution in [1.29, 1.82) is 0 Å². The largest absolute Gasteiger partial charge is 0.492 e. The summed E-state index contributed by atoms with van der Waals surface area (Å²) in [6.45, 7) is 4.02. The molecule has 0 spiro atoms. The van der Waals surface area contributed by atoms with Crippen molar-refractivity contribution in [2.45, 2.75) is 32.7 Å². The number of aromatic nitrogens is 4. The van der Waals surface area contributed by atoms with Crippen LogP contribution in [-0.4, -0.2) is 24.6 Å². The Kier molecular flexibility index (Phi) is 2.64. The van der Waals surface area contributed by atoms with Crippen molar-refractivity contribution in [2.75, 3.05) is 0 Å². The maximum atomic E-state index is 11.8. The molecule has 2 N–H and O–H groups in total. The van der Waals surface area contributed by atoms with Gasteiger partial charge in [-0.05, 0) is 12.8 Å². The third kappa shape index (κ3) is 1.56. The van der Waals surface area contributed by atoms with Gasteiger partial charge in [0, 0.05) is 6.04 Å². The maximum absolute atomic E-state index is 11.8. The minimum absolute atomic E-state index is 0.0809. The molecule has 0 aliphatic rings. The van der Waals surface area contributed by atoms with Crippen molar-refractivity contribution in [3.63, 3.8) is 0 Å². The summed E-state index contributed by atoms with van der Waals surface area (Å²) in [6, 6.07) is 0.0809. The Balaban J connectivity index is 2.71. The lowest BCUT2D eigenvalue weighted by Gasteiger charge is -2.13. The zero-order valence-electron chi connectivity index (χ0n) is 9.27. The first-order valence-electron chi connectivity index (χ1n) is 5.33. The molecule has 2 rings (SSSR count). The molecule has 0 fully saturated rings. The Morgan fingerprint density at radius 3 is 2.81 bits per heavy atom. The molecule has 2 aromatic rings. The van der Waals surface area contributed by atoms with E-state index < -0.39 is 0 Å². The third-order valence-electron chi connectivity index (χ3n) is 2.72. The van der Waals surface area contributed by atoms with Crippen LogP contribution in [0.15, 0.2) is 11.0 Å². The summed E-state index contributed by atoms with van der Waals surface area (Å²) in [5, 5.41) is 9.29. The molecule has 6 heteroatoms. The van der Waals surface area contributed by atoms with E-state index in [4.69, 9.17) is 0 Å². The van der Waals surface area contributed by atoms with Gasteiger partial charge in [0.2, 0.25) is 5.88 Å². The second-order valence-corrected chi connectivity index (χ2v) is 3.67. The van der Waals surface area contributed by atoms with E-state index >= 15 is 0 Å². The molecule has 2 heterocycles. The number of hydrogen-bond acceptors (Lipinski definition) is 4. The van der Waals surface area contributed by atoms with Gasteiger partial charge in [-0.15, -0.1) is 0 Å². The van der Waals surface area contributed by atoms with Crippen LogP contribution < -0.4 is 5.69 Å². The number of imidazole rings is 1. The first-order valence-corrected chi connectivity index (χ1v) is 5.33. The van der Waals surface area contributed by atoms with Gasteiger partial charge in [0.15, 0.2) is 11.3 Å². The molecule has 0 amide bonds. The normalized spacial score (nSPS) is 11.4. The van der Waals surface area contributed by atoms with Gasteiger partial charge in [-0.2, -0.15) is 4.98 Å². The van der Waals surface area contributed by atoms with E-state index in [2.05, 4.69) is 15.0 Å². The van der Waals surface area contributed by atoms with Crippen molar-refractivity contribution in [3.8, 4) is 5.88 Å². The molecular weight excluding hydrogens is 208 g/mol. The van der Waals surface area contributed by atoms with Gasteiger partial charge in [0.05, 0.1) is 6.20 Å². The molecule has 0 bridgehead atoms. The molecule has 0 unspecified atom stereocenters. The fourth-order valence-electron chi connectivity index (χ4n) is 1.88. The molecule has 0 aliphatic carbocycles. The van der Waals surface area contributed by atoms with Crippen LogP contribution in [0.5, 0.6) is 5.88 Å². The number of aromatic amines is 1. The van der Waals surface area contributed by atoms with E-state index in [0.29, 0.717) is 11.3 Å². The zero-order chi connectivity index (χ0) is 11.7. The number of fused-ring (bicyclic) bond motifs is 1. The van der Waals surface area contributed by atoms with Gasteiger partial charge in [-0.25, -0.2) is 9.78 Å².